The summed E-state index contributed by atoms with van der Waals surface area (Å²) in [6.07, 6.45) is 2.97. The number of benzene rings is 1. The van der Waals surface area contributed by atoms with Crippen molar-refractivity contribution in [1.82, 2.24) is 0 Å². The fourth-order valence-electron chi connectivity index (χ4n) is 1.54. The highest BCUT2D eigenvalue weighted by atomic mass is 16.5. The molecule has 2 nitrogen and oxygen atoms in total. The second-order valence-electron chi connectivity index (χ2n) is 4.02. The molecule has 0 aliphatic heterocycles. The Morgan fingerprint density at radius 1 is 1.29 bits per heavy atom. The third kappa shape index (κ3) is 5.42. The molecule has 0 saturated carbocycles. The summed E-state index contributed by atoms with van der Waals surface area (Å²) in [5.41, 5.74) is 0.953. The lowest BCUT2D eigenvalue weighted by atomic mass is 10.2. The molecule has 0 fully saturated rings. The van der Waals surface area contributed by atoms with E-state index in [-0.39, 0.29) is 12.7 Å². The van der Waals surface area contributed by atoms with Gasteiger partial charge in [-0.05, 0) is 37.6 Å². The van der Waals surface area contributed by atoms with Gasteiger partial charge in [0.05, 0.1) is 12.7 Å². The van der Waals surface area contributed by atoms with E-state index in [1.54, 1.807) is 0 Å². The van der Waals surface area contributed by atoms with Crippen LogP contribution < -0.4 is 4.74 Å². The number of hydrogen-bond donors (Lipinski definition) is 1. The summed E-state index contributed by atoms with van der Waals surface area (Å²) >= 11 is 0. The van der Waals surface area contributed by atoms with Gasteiger partial charge in [-0.2, -0.15) is 0 Å². The van der Waals surface area contributed by atoms with Crippen molar-refractivity contribution < 1.29 is 9.84 Å². The van der Waals surface area contributed by atoms with E-state index in [0.717, 1.165) is 24.2 Å². The van der Waals surface area contributed by atoms with Crippen molar-refractivity contribution in [3.63, 3.8) is 0 Å². The van der Waals surface area contributed by atoms with Crippen LogP contribution in [0.4, 0.5) is 0 Å². The SMILES string of the molecule is CCCC(C)Oc1ccc(C#CCCO)cc1. The molecule has 0 radical (unpaired) electrons. The highest BCUT2D eigenvalue weighted by molar-refractivity contribution is 5.38. The van der Waals surface area contributed by atoms with Gasteiger partial charge in [-0.3, -0.25) is 0 Å². The van der Waals surface area contributed by atoms with Gasteiger partial charge in [0.15, 0.2) is 0 Å². The highest BCUT2D eigenvalue weighted by Gasteiger charge is 2.01. The van der Waals surface area contributed by atoms with E-state index < -0.39 is 0 Å². The minimum atomic E-state index is 0.114. The Bertz CT molecular complexity index is 370. The van der Waals surface area contributed by atoms with Crippen molar-refractivity contribution in [3.8, 4) is 17.6 Å². The van der Waals surface area contributed by atoms with Gasteiger partial charge < -0.3 is 9.84 Å². The first kappa shape index (κ1) is 13.6. The van der Waals surface area contributed by atoms with E-state index >= 15 is 0 Å². The summed E-state index contributed by atoms with van der Waals surface area (Å²) in [6.45, 7) is 4.35. The van der Waals surface area contributed by atoms with E-state index in [4.69, 9.17) is 9.84 Å². The summed E-state index contributed by atoms with van der Waals surface area (Å²) in [6, 6.07) is 7.76. The minimum absolute atomic E-state index is 0.114. The number of hydrogen-bond acceptors (Lipinski definition) is 2. The van der Waals surface area contributed by atoms with Crippen LogP contribution in [0.1, 0.15) is 38.7 Å². The summed E-state index contributed by atoms with van der Waals surface area (Å²) in [7, 11) is 0. The molecule has 0 aromatic heterocycles. The van der Waals surface area contributed by atoms with Crippen molar-refractivity contribution in [2.24, 2.45) is 0 Å². The zero-order valence-electron chi connectivity index (χ0n) is 10.6. The average Bonchev–Trinajstić information content (AvgIpc) is 2.32. The molecule has 1 atom stereocenters. The molecule has 1 aromatic rings. The monoisotopic (exact) mass is 232 g/mol. The Morgan fingerprint density at radius 2 is 2.00 bits per heavy atom. The van der Waals surface area contributed by atoms with Crippen molar-refractivity contribution in [2.75, 3.05) is 6.61 Å². The van der Waals surface area contributed by atoms with Gasteiger partial charge >= 0.3 is 0 Å². The number of ether oxygens (including phenoxy) is 1. The molecule has 1 N–H and O–H groups in total. The minimum Gasteiger partial charge on any atom is -0.491 e. The second kappa shape index (κ2) is 7.76. The molecule has 0 aliphatic rings. The molecule has 0 spiro atoms. The Hall–Kier alpha value is -1.46. The maximum atomic E-state index is 8.62. The molecule has 1 unspecified atom stereocenters. The van der Waals surface area contributed by atoms with E-state index in [0.29, 0.717) is 6.42 Å². The average molecular weight is 232 g/mol. The molecule has 0 heterocycles. The Kier molecular flexibility index (Phi) is 6.21. The molecule has 2 heteroatoms. The summed E-state index contributed by atoms with van der Waals surface area (Å²) < 4.78 is 5.75. The quantitative estimate of drug-likeness (QED) is 0.791. The van der Waals surface area contributed by atoms with Crippen molar-refractivity contribution >= 4 is 0 Å². The zero-order chi connectivity index (χ0) is 12.5. The Labute approximate surface area is 104 Å². The van der Waals surface area contributed by atoms with Gasteiger partial charge in [-0.25, -0.2) is 0 Å². The van der Waals surface area contributed by atoms with Crippen LogP contribution in [-0.2, 0) is 0 Å². The molecular weight excluding hydrogens is 212 g/mol. The summed E-state index contributed by atoms with van der Waals surface area (Å²) in [5.74, 6) is 6.76. The topological polar surface area (TPSA) is 29.5 Å². The van der Waals surface area contributed by atoms with Gasteiger partial charge in [0.1, 0.15) is 5.75 Å². The first-order chi connectivity index (χ1) is 8.26. The molecular formula is C15H20O2. The molecule has 92 valence electrons. The number of aliphatic hydroxyl groups is 1. The van der Waals surface area contributed by atoms with Gasteiger partial charge in [0.2, 0.25) is 0 Å². The van der Waals surface area contributed by atoms with Crippen LogP contribution >= 0.6 is 0 Å². The molecule has 0 bridgehead atoms. The van der Waals surface area contributed by atoms with Crippen LogP contribution in [0.3, 0.4) is 0 Å². The predicted octanol–water partition coefficient (Wildman–Crippen LogP) is 2.99. The van der Waals surface area contributed by atoms with Gasteiger partial charge in [-0.15, -0.1) is 0 Å². The van der Waals surface area contributed by atoms with Crippen LogP contribution in [0.25, 0.3) is 0 Å². The zero-order valence-corrected chi connectivity index (χ0v) is 10.6. The molecule has 0 amide bonds. The number of aliphatic hydroxyl groups excluding tert-OH is 1. The van der Waals surface area contributed by atoms with Gasteiger partial charge in [-0.1, -0.05) is 25.2 Å². The van der Waals surface area contributed by atoms with Crippen LogP contribution in [0, 0.1) is 11.8 Å². The highest BCUT2D eigenvalue weighted by Crippen LogP contribution is 2.15. The van der Waals surface area contributed by atoms with Crippen LogP contribution in [0.2, 0.25) is 0 Å². The van der Waals surface area contributed by atoms with Gasteiger partial charge in [0, 0.05) is 12.0 Å². The lowest BCUT2D eigenvalue weighted by molar-refractivity contribution is 0.210. The normalized spacial score (nSPS) is 11.5. The summed E-state index contributed by atoms with van der Waals surface area (Å²) in [5, 5.41) is 8.62. The number of rotatable bonds is 5. The lowest BCUT2D eigenvalue weighted by Crippen LogP contribution is -2.10. The first-order valence-electron chi connectivity index (χ1n) is 6.12. The fourth-order valence-corrected chi connectivity index (χ4v) is 1.54. The van der Waals surface area contributed by atoms with E-state index in [2.05, 4.69) is 25.7 Å². The molecule has 0 aliphatic carbocycles. The van der Waals surface area contributed by atoms with Crippen LogP contribution in [0.5, 0.6) is 5.75 Å². The molecule has 17 heavy (non-hydrogen) atoms. The van der Waals surface area contributed by atoms with E-state index in [1.165, 1.54) is 0 Å². The van der Waals surface area contributed by atoms with Crippen molar-refractivity contribution in [2.45, 2.75) is 39.2 Å². The standard InChI is InChI=1S/C15H20O2/c1-3-6-13(2)17-15-10-8-14(9-11-15)7-4-5-12-16/h8-11,13,16H,3,5-6,12H2,1-2H3. The fraction of sp³-hybridized carbons (Fsp3) is 0.467. The van der Waals surface area contributed by atoms with E-state index in [1.807, 2.05) is 24.3 Å². The largest absolute Gasteiger partial charge is 0.491 e. The van der Waals surface area contributed by atoms with Gasteiger partial charge in [0.25, 0.3) is 0 Å². The van der Waals surface area contributed by atoms with Crippen LogP contribution in [-0.4, -0.2) is 17.8 Å². The predicted molar refractivity (Wildman–Crippen MR) is 70.0 cm³/mol. The first-order valence-corrected chi connectivity index (χ1v) is 6.12. The van der Waals surface area contributed by atoms with Crippen LogP contribution in [0.15, 0.2) is 24.3 Å². The molecule has 1 aromatic carbocycles. The third-order valence-corrected chi connectivity index (χ3v) is 2.36. The van der Waals surface area contributed by atoms with E-state index in [9.17, 15) is 0 Å². The second-order valence-corrected chi connectivity index (χ2v) is 4.02. The third-order valence-electron chi connectivity index (χ3n) is 2.36. The maximum absolute atomic E-state index is 8.62. The summed E-state index contributed by atoms with van der Waals surface area (Å²) in [4.78, 5) is 0. The van der Waals surface area contributed by atoms with Crippen molar-refractivity contribution in [1.29, 1.82) is 0 Å². The lowest BCUT2D eigenvalue weighted by Gasteiger charge is -2.13. The van der Waals surface area contributed by atoms with Crippen molar-refractivity contribution in [3.05, 3.63) is 29.8 Å². The maximum Gasteiger partial charge on any atom is 0.119 e. The Balaban J connectivity index is 2.53. The molecule has 1 rings (SSSR count). The Morgan fingerprint density at radius 3 is 2.59 bits per heavy atom. The smallest absolute Gasteiger partial charge is 0.119 e. The molecule has 0 saturated heterocycles.